The van der Waals surface area contributed by atoms with Crippen LogP contribution < -0.4 is 5.32 Å². The largest absolute Gasteiger partial charge is 0.351 e. The van der Waals surface area contributed by atoms with E-state index in [1.807, 2.05) is 32.0 Å². The molecule has 0 aliphatic heterocycles. The molecule has 2 heterocycles. The molecule has 1 N–H and O–H groups in total. The number of nitrogens with one attached hydrogen (secondary N) is 1. The first-order valence-corrected chi connectivity index (χ1v) is 9.18. The first kappa shape index (κ1) is 19.0. The van der Waals surface area contributed by atoms with Gasteiger partial charge in [-0.3, -0.25) is 14.0 Å². The van der Waals surface area contributed by atoms with E-state index in [9.17, 15) is 9.59 Å². The predicted molar refractivity (Wildman–Crippen MR) is 98.9 cm³/mol. The molecule has 0 unspecified atom stereocenters. The fourth-order valence-electron chi connectivity index (χ4n) is 2.81. The normalized spacial score (nSPS) is 10.8. The van der Waals surface area contributed by atoms with Gasteiger partial charge >= 0.3 is 0 Å². The third-order valence-electron chi connectivity index (χ3n) is 4.04. The Morgan fingerprint density at radius 3 is 2.48 bits per heavy atom. The lowest BCUT2D eigenvalue weighted by atomic mass is 10.3. The van der Waals surface area contributed by atoms with Crippen LogP contribution in [-0.2, 0) is 0 Å². The molecule has 6 heteroatoms. The number of hydrogen-bond donors (Lipinski definition) is 1. The number of pyridine rings is 1. The minimum atomic E-state index is -0.228. The number of aromatic nitrogens is 2. The van der Waals surface area contributed by atoms with Crippen LogP contribution in [0, 0.1) is 0 Å². The number of nitrogens with zero attached hydrogens (tertiary/aromatic N) is 3. The van der Waals surface area contributed by atoms with Crippen LogP contribution in [0.3, 0.4) is 0 Å². The number of fused-ring (bicyclic) bond motifs is 1. The number of rotatable bonds is 9. The maximum atomic E-state index is 12.9. The Bertz CT molecular complexity index is 717. The Balaban J connectivity index is 2.37. The summed E-state index contributed by atoms with van der Waals surface area (Å²) in [5, 5.41) is 2.88. The average molecular weight is 344 g/mol. The minimum Gasteiger partial charge on any atom is -0.351 e. The van der Waals surface area contributed by atoms with E-state index < -0.39 is 0 Å². The molecular weight excluding hydrogens is 316 g/mol. The summed E-state index contributed by atoms with van der Waals surface area (Å²) in [6, 6.07) is 5.51. The number of hydrogen-bond acceptors (Lipinski definition) is 3. The van der Waals surface area contributed by atoms with E-state index in [2.05, 4.69) is 17.2 Å². The first-order chi connectivity index (χ1) is 12.1. The minimum absolute atomic E-state index is 0.127. The second kappa shape index (κ2) is 9.20. The molecule has 0 aliphatic rings. The van der Waals surface area contributed by atoms with Crippen molar-refractivity contribution in [1.29, 1.82) is 0 Å². The summed E-state index contributed by atoms with van der Waals surface area (Å²) >= 11 is 0. The average Bonchev–Trinajstić information content (AvgIpc) is 3.01. The molecule has 0 saturated heterocycles. The van der Waals surface area contributed by atoms with Gasteiger partial charge in [0.1, 0.15) is 0 Å². The molecule has 0 spiro atoms. The number of carbonyl (C=O) groups is 2. The number of amides is 2. The molecule has 0 aliphatic carbocycles. The summed E-state index contributed by atoms with van der Waals surface area (Å²) in [5.41, 5.74) is 0.973. The molecule has 25 heavy (non-hydrogen) atoms. The highest BCUT2D eigenvalue weighted by Crippen LogP contribution is 2.15. The Morgan fingerprint density at radius 2 is 1.84 bits per heavy atom. The fraction of sp³-hybridized carbons (Fsp3) is 0.526. The Hall–Kier alpha value is -2.37. The standard InChI is InChI=1S/C19H28N4O2/c1-4-7-11-20-18(24)16-15-10-8-9-14-23(15)17(21-16)19(25)22(12-5-2)13-6-3/h8-10,14H,4-7,11-13H2,1-3H3,(H,20,24). The van der Waals surface area contributed by atoms with Crippen molar-refractivity contribution in [2.24, 2.45) is 0 Å². The highest BCUT2D eigenvalue weighted by atomic mass is 16.2. The Morgan fingerprint density at radius 1 is 1.12 bits per heavy atom. The van der Waals surface area contributed by atoms with Gasteiger partial charge < -0.3 is 10.2 Å². The summed E-state index contributed by atoms with van der Waals surface area (Å²) in [6.07, 6.45) is 5.49. The first-order valence-electron chi connectivity index (χ1n) is 9.18. The molecule has 2 aromatic heterocycles. The number of unbranched alkanes of at least 4 members (excludes halogenated alkanes) is 1. The molecule has 6 nitrogen and oxygen atoms in total. The van der Waals surface area contributed by atoms with Crippen molar-refractivity contribution >= 4 is 17.3 Å². The molecule has 2 aromatic rings. The molecule has 0 fully saturated rings. The molecule has 0 bridgehead atoms. The van der Waals surface area contributed by atoms with Gasteiger partial charge in [0.05, 0.1) is 5.52 Å². The van der Waals surface area contributed by atoms with Gasteiger partial charge in [-0.1, -0.05) is 33.3 Å². The van der Waals surface area contributed by atoms with Crippen LogP contribution in [0.15, 0.2) is 24.4 Å². The molecule has 2 rings (SSSR count). The maximum absolute atomic E-state index is 12.9. The van der Waals surface area contributed by atoms with E-state index in [0.717, 1.165) is 25.7 Å². The van der Waals surface area contributed by atoms with Crippen LogP contribution in [0.5, 0.6) is 0 Å². The fourth-order valence-corrected chi connectivity index (χ4v) is 2.81. The summed E-state index contributed by atoms with van der Waals surface area (Å²) in [6.45, 7) is 8.16. The Labute approximate surface area is 149 Å². The predicted octanol–water partition coefficient (Wildman–Crippen LogP) is 3.13. The monoisotopic (exact) mass is 344 g/mol. The second-order valence-corrected chi connectivity index (χ2v) is 6.14. The van der Waals surface area contributed by atoms with E-state index in [1.165, 1.54) is 0 Å². The van der Waals surface area contributed by atoms with Crippen molar-refractivity contribution < 1.29 is 9.59 Å². The van der Waals surface area contributed by atoms with Crippen LogP contribution in [0.4, 0.5) is 0 Å². The van der Waals surface area contributed by atoms with Crippen molar-refractivity contribution in [1.82, 2.24) is 19.6 Å². The highest BCUT2D eigenvalue weighted by Gasteiger charge is 2.24. The third-order valence-corrected chi connectivity index (χ3v) is 4.04. The lowest BCUT2D eigenvalue weighted by Crippen LogP contribution is -2.34. The number of carbonyl (C=O) groups excluding carboxylic acids is 2. The van der Waals surface area contributed by atoms with Gasteiger partial charge in [-0.05, 0) is 31.4 Å². The molecule has 0 aromatic carbocycles. The van der Waals surface area contributed by atoms with Crippen molar-refractivity contribution in [3.05, 3.63) is 35.9 Å². The Kier molecular flexibility index (Phi) is 6.98. The van der Waals surface area contributed by atoms with Gasteiger partial charge in [0.15, 0.2) is 5.69 Å². The van der Waals surface area contributed by atoms with Crippen LogP contribution >= 0.6 is 0 Å². The van der Waals surface area contributed by atoms with E-state index in [-0.39, 0.29) is 11.8 Å². The van der Waals surface area contributed by atoms with Crippen LogP contribution in [0.1, 0.15) is 67.6 Å². The van der Waals surface area contributed by atoms with Gasteiger partial charge in [0.2, 0.25) is 5.82 Å². The quantitative estimate of drug-likeness (QED) is 0.711. The van der Waals surface area contributed by atoms with Crippen LogP contribution in [-0.4, -0.2) is 45.7 Å². The van der Waals surface area contributed by atoms with E-state index in [1.54, 1.807) is 15.5 Å². The topological polar surface area (TPSA) is 66.7 Å². The zero-order valence-electron chi connectivity index (χ0n) is 15.4. The van der Waals surface area contributed by atoms with Crippen molar-refractivity contribution in [3.8, 4) is 0 Å². The lowest BCUT2D eigenvalue weighted by Gasteiger charge is -2.20. The maximum Gasteiger partial charge on any atom is 0.290 e. The molecular formula is C19H28N4O2. The van der Waals surface area contributed by atoms with Crippen molar-refractivity contribution in [3.63, 3.8) is 0 Å². The van der Waals surface area contributed by atoms with Gasteiger partial charge in [-0.25, -0.2) is 4.98 Å². The summed E-state index contributed by atoms with van der Waals surface area (Å²) in [5.74, 6) is -0.0515. The van der Waals surface area contributed by atoms with Gasteiger partial charge in [0, 0.05) is 25.8 Å². The SMILES string of the molecule is CCCCNC(=O)c1nc(C(=O)N(CCC)CCC)n2ccccc12. The lowest BCUT2D eigenvalue weighted by molar-refractivity contribution is 0.0742. The van der Waals surface area contributed by atoms with Crippen molar-refractivity contribution in [2.75, 3.05) is 19.6 Å². The number of imidazole rings is 1. The van der Waals surface area contributed by atoms with Gasteiger partial charge in [-0.2, -0.15) is 0 Å². The van der Waals surface area contributed by atoms with Crippen LogP contribution in [0.25, 0.3) is 5.52 Å². The highest BCUT2D eigenvalue weighted by molar-refractivity contribution is 6.02. The van der Waals surface area contributed by atoms with E-state index in [4.69, 9.17) is 0 Å². The van der Waals surface area contributed by atoms with Crippen LogP contribution in [0.2, 0.25) is 0 Å². The van der Waals surface area contributed by atoms with Gasteiger partial charge in [-0.15, -0.1) is 0 Å². The summed E-state index contributed by atoms with van der Waals surface area (Å²) in [7, 11) is 0. The van der Waals surface area contributed by atoms with E-state index in [0.29, 0.717) is 36.7 Å². The smallest absolute Gasteiger partial charge is 0.290 e. The van der Waals surface area contributed by atoms with E-state index >= 15 is 0 Å². The van der Waals surface area contributed by atoms with Gasteiger partial charge in [0.25, 0.3) is 11.8 Å². The summed E-state index contributed by atoms with van der Waals surface area (Å²) in [4.78, 5) is 31.6. The molecule has 0 atom stereocenters. The third kappa shape index (κ3) is 4.38. The molecule has 0 saturated carbocycles. The van der Waals surface area contributed by atoms with Crippen molar-refractivity contribution in [2.45, 2.75) is 46.5 Å². The zero-order valence-corrected chi connectivity index (χ0v) is 15.4. The zero-order chi connectivity index (χ0) is 18.2. The molecule has 2 amide bonds. The molecule has 0 radical (unpaired) electrons. The summed E-state index contributed by atoms with van der Waals surface area (Å²) < 4.78 is 1.72. The second-order valence-electron chi connectivity index (χ2n) is 6.14. The molecule has 136 valence electrons.